The van der Waals surface area contributed by atoms with Gasteiger partial charge in [-0.25, -0.2) is 4.79 Å². The van der Waals surface area contributed by atoms with Crippen molar-refractivity contribution in [3.63, 3.8) is 0 Å². The monoisotopic (exact) mass is 439 g/mol. The van der Waals surface area contributed by atoms with Crippen molar-refractivity contribution in [2.24, 2.45) is 0 Å². The van der Waals surface area contributed by atoms with E-state index in [9.17, 15) is 20.0 Å². The van der Waals surface area contributed by atoms with Crippen molar-refractivity contribution in [3.8, 4) is 11.5 Å². The van der Waals surface area contributed by atoms with Gasteiger partial charge < -0.3 is 9.84 Å². The van der Waals surface area contributed by atoms with Crippen molar-refractivity contribution in [2.45, 2.75) is 13.8 Å². The number of carbonyl (C=O) groups is 1. The van der Waals surface area contributed by atoms with Crippen LogP contribution in [0.1, 0.15) is 32.6 Å². The lowest BCUT2D eigenvalue weighted by Gasteiger charge is -2.09. The maximum atomic E-state index is 12.8. The molecule has 0 atom stereocenters. The van der Waals surface area contributed by atoms with Crippen LogP contribution in [0.5, 0.6) is 11.5 Å². The summed E-state index contributed by atoms with van der Waals surface area (Å²) in [5.74, 6) is -0.0416. The Morgan fingerprint density at radius 3 is 2.27 bits per heavy atom. The van der Waals surface area contributed by atoms with Gasteiger partial charge in [-0.3, -0.25) is 10.1 Å². The second-order valence-electron chi connectivity index (χ2n) is 7.76. The first-order chi connectivity index (χ1) is 15.8. The number of nitro benzene ring substituents is 1. The number of phenols is 1. The highest BCUT2D eigenvalue weighted by atomic mass is 16.6. The minimum Gasteiger partial charge on any atom is -0.507 e. The van der Waals surface area contributed by atoms with Gasteiger partial charge in [-0.15, -0.1) is 0 Å². The number of hydrogen-bond donors (Lipinski definition) is 1. The molecule has 0 saturated heterocycles. The number of benzene rings is 4. The summed E-state index contributed by atoms with van der Waals surface area (Å²) in [6.07, 6.45) is 3.86. The lowest BCUT2D eigenvalue weighted by molar-refractivity contribution is -0.384. The van der Waals surface area contributed by atoms with Crippen molar-refractivity contribution >= 4 is 34.6 Å². The van der Waals surface area contributed by atoms with Crippen LogP contribution in [-0.4, -0.2) is 16.0 Å². The van der Waals surface area contributed by atoms with Crippen LogP contribution in [0.15, 0.2) is 72.8 Å². The zero-order valence-corrected chi connectivity index (χ0v) is 18.1. The van der Waals surface area contributed by atoms with Gasteiger partial charge >= 0.3 is 5.97 Å². The zero-order valence-electron chi connectivity index (χ0n) is 18.1. The Morgan fingerprint density at radius 1 is 0.939 bits per heavy atom. The number of non-ortho nitro benzene ring substituents is 1. The van der Waals surface area contributed by atoms with Crippen LogP contribution in [0.2, 0.25) is 0 Å². The molecule has 0 unspecified atom stereocenters. The van der Waals surface area contributed by atoms with Crippen molar-refractivity contribution in [1.29, 1.82) is 0 Å². The maximum Gasteiger partial charge on any atom is 0.343 e. The van der Waals surface area contributed by atoms with E-state index in [1.807, 2.05) is 62.4 Å². The first-order valence-electron chi connectivity index (χ1n) is 10.3. The fraction of sp³-hybridized carbons (Fsp3) is 0.0741. The molecule has 0 radical (unpaired) electrons. The summed E-state index contributed by atoms with van der Waals surface area (Å²) in [7, 11) is 0. The number of phenolic OH excluding ortho intramolecular Hbond substituents is 1. The molecule has 0 spiro atoms. The SMILES string of the molecule is Cc1cc(/C=C/c2cc(C(=O)Oc3ccc([N+](=O)[O-])cc3)cc3ccccc23)cc(C)c1O. The largest absolute Gasteiger partial charge is 0.507 e. The Bertz CT molecular complexity index is 1380. The van der Waals surface area contributed by atoms with Gasteiger partial charge in [0.05, 0.1) is 10.5 Å². The zero-order chi connectivity index (χ0) is 23.5. The molecule has 0 saturated carbocycles. The predicted octanol–water partition coefficient (Wildman–Crippen LogP) is 6.46. The highest BCUT2D eigenvalue weighted by Gasteiger charge is 2.13. The van der Waals surface area contributed by atoms with Crippen LogP contribution in [0.25, 0.3) is 22.9 Å². The average molecular weight is 439 g/mol. The number of nitrogens with zero attached hydrogens (tertiary/aromatic N) is 1. The molecule has 4 aromatic carbocycles. The first-order valence-corrected chi connectivity index (χ1v) is 10.3. The van der Waals surface area contributed by atoms with Gasteiger partial charge in [-0.1, -0.05) is 36.4 Å². The fourth-order valence-electron chi connectivity index (χ4n) is 3.67. The van der Waals surface area contributed by atoms with E-state index in [1.54, 1.807) is 12.1 Å². The van der Waals surface area contributed by atoms with Gasteiger partial charge in [0.15, 0.2) is 0 Å². The molecular weight excluding hydrogens is 418 g/mol. The minimum absolute atomic E-state index is 0.0763. The van der Waals surface area contributed by atoms with Crippen molar-refractivity contribution in [1.82, 2.24) is 0 Å². The highest BCUT2D eigenvalue weighted by Crippen LogP contribution is 2.27. The van der Waals surface area contributed by atoms with Crippen LogP contribution in [-0.2, 0) is 0 Å². The number of ether oxygens (including phenoxy) is 1. The third-order valence-electron chi connectivity index (χ3n) is 5.36. The predicted molar refractivity (Wildman–Crippen MR) is 129 cm³/mol. The summed E-state index contributed by atoms with van der Waals surface area (Å²) in [5.41, 5.74) is 3.65. The van der Waals surface area contributed by atoms with E-state index in [2.05, 4.69) is 0 Å². The number of rotatable bonds is 5. The van der Waals surface area contributed by atoms with E-state index in [0.717, 1.165) is 33.0 Å². The first kappa shape index (κ1) is 21.8. The van der Waals surface area contributed by atoms with Crippen LogP contribution >= 0.6 is 0 Å². The van der Waals surface area contributed by atoms with E-state index < -0.39 is 10.9 Å². The fourth-order valence-corrected chi connectivity index (χ4v) is 3.67. The highest BCUT2D eigenvalue weighted by molar-refractivity contribution is 6.01. The molecule has 0 fully saturated rings. The van der Waals surface area contributed by atoms with Crippen LogP contribution < -0.4 is 4.74 Å². The average Bonchev–Trinajstić information content (AvgIpc) is 2.81. The normalized spacial score (nSPS) is 11.1. The molecule has 1 N–H and O–H groups in total. The maximum absolute atomic E-state index is 12.8. The molecule has 0 aliphatic carbocycles. The van der Waals surface area contributed by atoms with Crippen molar-refractivity contribution in [3.05, 3.63) is 111 Å². The Hall–Kier alpha value is -4.45. The van der Waals surface area contributed by atoms with Crippen LogP contribution in [0, 0.1) is 24.0 Å². The van der Waals surface area contributed by atoms with Gasteiger partial charge in [0, 0.05) is 12.1 Å². The minimum atomic E-state index is -0.555. The van der Waals surface area contributed by atoms with Gasteiger partial charge in [0.1, 0.15) is 11.5 Å². The molecule has 33 heavy (non-hydrogen) atoms. The molecule has 6 nitrogen and oxygen atoms in total. The molecule has 0 aliphatic rings. The van der Waals surface area contributed by atoms with Crippen molar-refractivity contribution < 1.29 is 19.6 Å². The van der Waals surface area contributed by atoms with Crippen LogP contribution in [0.4, 0.5) is 5.69 Å². The topological polar surface area (TPSA) is 89.7 Å². The summed E-state index contributed by atoms with van der Waals surface area (Å²) in [5, 5.41) is 22.7. The van der Waals surface area contributed by atoms with Gasteiger partial charge in [-0.2, -0.15) is 0 Å². The molecule has 0 aromatic heterocycles. The van der Waals surface area contributed by atoms with E-state index >= 15 is 0 Å². The second-order valence-corrected chi connectivity index (χ2v) is 7.76. The molecule has 4 aromatic rings. The van der Waals surface area contributed by atoms with E-state index in [-0.39, 0.29) is 17.2 Å². The Morgan fingerprint density at radius 2 is 1.61 bits per heavy atom. The Balaban J connectivity index is 1.68. The molecule has 0 aliphatic heterocycles. The summed E-state index contributed by atoms with van der Waals surface area (Å²) < 4.78 is 5.43. The number of carbonyl (C=O) groups excluding carboxylic acids is 1. The molecule has 164 valence electrons. The number of aryl methyl sites for hydroxylation is 2. The summed E-state index contributed by atoms with van der Waals surface area (Å²) in [6, 6.07) is 20.4. The standard InChI is InChI=1S/C27H21NO5/c1-17-13-19(14-18(2)26(17)29)7-8-21-16-22(15-20-5-3-4-6-25(20)21)27(30)33-24-11-9-23(10-12-24)28(31)32/h3-16,29H,1-2H3/b8-7+. The summed E-state index contributed by atoms with van der Waals surface area (Å²) >= 11 is 0. The summed E-state index contributed by atoms with van der Waals surface area (Å²) in [6.45, 7) is 3.70. The third-order valence-corrected chi connectivity index (χ3v) is 5.36. The lowest BCUT2D eigenvalue weighted by atomic mass is 9.99. The number of hydrogen-bond acceptors (Lipinski definition) is 5. The van der Waals surface area contributed by atoms with E-state index in [1.165, 1.54) is 24.3 Å². The quantitative estimate of drug-likeness (QED) is 0.127. The molecule has 0 heterocycles. The van der Waals surface area contributed by atoms with Crippen molar-refractivity contribution in [2.75, 3.05) is 0 Å². The summed E-state index contributed by atoms with van der Waals surface area (Å²) in [4.78, 5) is 23.1. The number of aromatic hydroxyl groups is 1. The Kier molecular flexibility index (Phi) is 5.91. The van der Waals surface area contributed by atoms with E-state index in [4.69, 9.17) is 4.74 Å². The molecule has 4 rings (SSSR count). The smallest absolute Gasteiger partial charge is 0.343 e. The number of nitro groups is 1. The number of esters is 1. The lowest BCUT2D eigenvalue weighted by Crippen LogP contribution is -2.09. The molecular formula is C27H21NO5. The van der Waals surface area contributed by atoms with Gasteiger partial charge in [-0.05, 0) is 83.3 Å². The Labute approximate surface area is 190 Å². The second kappa shape index (κ2) is 8.96. The molecule has 0 amide bonds. The molecule has 0 bridgehead atoms. The van der Waals surface area contributed by atoms with E-state index in [0.29, 0.717) is 5.56 Å². The molecule has 6 heteroatoms. The van der Waals surface area contributed by atoms with Crippen LogP contribution in [0.3, 0.4) is 0 Å². The van der Waals surface area contributed by atoms with Gasteiger partial charge in [0.2, 0.25) is 0 Å². The van der Waals surface area contributed by atoms with Gasteiger partial charge in [0.25, 0.3) is 5.69 Å². The third kappa shape index (κ3) is 4.75. The number of fused-ring (bicyclic) bond motifs is 1.